The number of alkyl halides is 4. The van der Waals surface area contributed by atoms with Crippen molar-refractivity contribution in [2.24, 2.45) is 11.7 Å². The van der Waals surface area contributed by atoms with Crippen molar-refractivity contribution in [1.29, 1.82) is 0 Å². The Morgan fingerprint density at radius 3 is 2.55 bits per heavy atom. The molecule has 1 saturated carbocycles. The largest absolute Gasteiger partial charge is 0.368 e. The van der Waals surface area contributed by atoms with Crippen LogP contribution in [0.2, 0.25) is 0 Å². The van der Waals surface area contributed by atoms with Gasteiger partial charge in [-0.3, -0.25) is 4.79 Å². The topological polar surface area (TPSA) is 89.6 Å². The van der Waals surface area contributed by atoms with Crippen molar-refractivity contribution in [2.45, 2.75) is 43.1 Å². The summed E-state index contributed by atoms with van der Waals surface area (Å²) < 4.78 is 87.8. The number of H-pyrrole nitrogens is 1. The second-order valence-corrected chi connectivity index (χ2v) is 10.5. The van der Waals surface area contributed by atoms with Gasteiger partial charge in [0.2, 0.25) is 5.91 Å². The summed E-state index contributed by atoms with van der Waals surface area (Å²) in [6, 6.07) is 4.36. The van der Waals surface area contributed by atoms with Gasteiger partial charge in [-0.2, -0.15) is 13.9 Å². The summed E-state index contributed by atoms with van der Waals surface area (Å²) in [6.45, 7) is 0. The number of amides is 1. The zero-order chi connectivity index (χ0) is 27.1. The molecule has 4 atom stereocenters. The third kappa shape index (κ3) is 3.81. The number of nitrogens with two attached hydrogens (primary N) is 1. The van der Waals surface area contributed by atoms with Gasteiger partial charge in [0.1, 0.15) is 34.7 Å². The van der Waals surface area contributed by atoms with Crippen LogP contribution in [-0.2, 0) is 17.1 Å². The summed E-state index contributed by atoms with van der Waals surface area (Å²) in [5.41, 5.74) is 4.49. The van der Waals surface area contributed by atoms with Crippen LogP contribution in [0.25, 0.3) is 11.0 Å². The van der Waals surface area contributed by atoms with E-state index < -0.39 is 65.1 Å². The first kappa shape index (κ1) is 25.0. The van der Waals surface area contributed by atoms with Gasteiger partial charge in [0.15, 0.2) is 0 Å². The molecule has 0 aliphatic heterocycles. The number of rotatable bonds is 7. The number of pyridine rings is 1. The molecule has 38 heavy (non-hydrogen) atoms. The van der Waals surface area contributed by atoms with Gasteiger partial charge in [-0.1, -0.05) is 0 Å². The number of carbonyl (C=O) groups is 1. The fraction of sp³-hybridized carbons (Fsp3) is 0.320. The van der Waals surface area contributed by atoms with E-state index in [0.717, 1.165) is 12.1 Å². The van der Waals surface area contributed by atoms with Gasteiger partial charge in [-0.15, -0.1) is 0 Å². The van der Waals surface area contributed by atoms with Crippen LogP contribution in [0.3, 0.4) is 0 Å². The molecule has 3 aromatic heterocycles. The molecular formula is C25H18BrF6N5O. The predicted molar refractivity (Wildman–Crippen MR) is 127 cm³/mol. The van der Waals surface area contributed by atoms with Crippen LogP contribution >= 0.6 is 15.9 Å². The predicted octanol–water partition coefficient (Wildman–Crippen LogP) is 6.00. The maximum Gasteiger partial charge on any atom is 0.293 e. The first-order chi connectivity index (χ1) is 18.0. The van der Waals surface area contributed by atoms with Crippen molar-refractivity contribution in [3.8, 4) is 0 Å². The van der Waals surface area contributed by atoms with E-state index in [4.69, 9.17) is 5.73 Å². The Hall–Kier alpha value is -3.35. The molecule has 1 fully saturated rings. The van der Waals surface area contributed by atoms with Crippen molar-refractivity contribution < 1.29 is 31.1 Å². The summed E-state index contributed by atoms with van der Waals surface area (Å²) >= 11 is 3.39. The Bertz CT molecular complexity index is 1580. The van der Waals surface area contributed by atoms with Crippen LogP contribution in [-0.4, -0.2) is 25.7 Å². The molecular weight excluding hydrogens is 580 g/mol. The van der Waals surface area contributed by atoms with E-state index in [0.29, 0.717) is 26.3 Å². The van der Waals surface area contributed by atoms with Gasteiger partial charge in [0.05, 0.1) is 5.69 Å². The summed E-state index contributed by atoms with van der Waals surface area (Å²) in [5, 5.41) is 4.50. The molecule has 6 nitrogen and oxygen atoms in total. The highest BCUT2D eigenvalue weighted by Gasteiger charge is 2.67. The zero-order valence-corrected chi connectivity index (χ0v) is 20.8. The average molecular weight is 598 g/mol. The summed E-state index contributed by atoms with van der Waals surface area (Å²) in [5.74, 6) is -9.63. The van der Waals surface area contributed by atoms with E-state index in [9.17, 15) is 22.4 Å². The summed E-state index contributed by atoms with van der Waals surface area (Å²) in [7, 11) is 0. The van der Waals surface area contributed by atoms with Crippen LogP contribution in [0.15, 0.2) is 41.0 Å². The first-order valence-corrected chi connectivity index (χ1v) is 12.4. The van der Waals surface area contributed by atoms with E-state index in [2.05, 4.69) is 31.0 Å². The highest BCUT2D eigenvalue weighted by Crippen LogP contribution is 2.68. The Labute approximate surface area is 219 Å². The van der Waals surface area contributed by atoms with E-state index in [1.807, 2.05) is 0 Å². The van der Waals surface area contributed by atoms with Crippen molar-refractivity contribution in [3.63, 3.8) is 0 Å². The Morgan fingerprint density at radius 1 is 1.18 bits per heavy atom. The third-order valence-corrected chi connectivity index (χ3v) is 7.94. The number of benzene rings is 1. The van der Waals surface area contributed by atoms with Crippen molar-refractivity contribution >= 4 is 32.9 Å². The Morgan fingerprint density at radius 2 is 1.89 bits per heavy atom. The minimum Gasteiger partial charge on any atom is -0.368 e. The molecule has 0 saturated heterocycles. The third-order valence-electron chi connectivity index (χ3n) is 7.31. The molecule has 6 rings (SSSR count). The minimum absolute atomic E-state index is 0.0369. The van der Waals surface area contributed by atoms with Crippen molar-refractivity contribution in [1.82, 2.24) is 19.7 Å². The van der Waals surface area contributed by atoms with Gasteiger partial charge in [0.25, 0.3) is 12.3 Å². The number of fused-ring (bicyclic) bond motifs is 4. The van der Waals surface area contributed by atoms with Crippen molar-refractivity contribution in [3.05, 3.63) is 80.8 Å². The maximum atomic E-state index is 15.4. The average Bonchev–Trinajstić information content (AvgIpc) is 3.22. The smallest absolute Gasteiger partial charge is 0.293 e. The first-order valence-electron chi connectivity index (χ1n) is 11.6. The number of aromatic amines is 1. The number of primary amides is 1. The lowest BCUT2D eigenvalue weighted by atomic mass is 9.87. The Kier molecular flexibility index (Phi) is 5.64. The lowest BCUT2D eigenvalue weighted by Gasteiger charge is -2.28. The second kappa shape index (κ2) is 8.58. The molecule has 4 aromatic rings. The Balaban J connectivity index is 1.58. The molecule has 3 N–H and O–H groups in total. The van der Waals surface area contributed by atoms with Gasteiger partial charge in [-0.05, 0) is 64.5 Å². The van der Waals surface area contributed by atoms with Gasteiger partial charge in [-0.25, -0.2) is 27.2 Å². The zero-order valence-electron chi connectivity index (χ0n) is 19.2. The molecule has 198 valence electrons. The summed E-state index contributed by atoms with van der Waals surface area (Å²) in [4.78, 5) is 20.4. The molecule has 1 aromatic carbocycles. The number of carbonyl (C=O) groups excluding carboxylic acids is 1. The van der Waals surface area contributed by atoms with Gasteiger partial charge >= 0.3 is 0 Å². The van der Waals surface area contributed by atoms with Gasteiger partial charge < -0.3 is 10.7 Å². The number of nitrogens with one attached hydrogen (secondary N) is 1. The molecule has 2 aliphatic carbocycles. The molecule has 0 bridgehead atoms. The SMILES string of the molecule is NC(=O)C([C@@H](Cc1cc(F)cc(F)c1)c1nc2[nH]ccc2cc1Br)n1nc(C(F)F)c2c1C(F)(F)[C@@H]1C[C@H]21. The molecule has 1 unspecified atom stereocenters. The van der Waals surface area contributed by atoms with Crippen LogP contribution in [0.1, 0.15) is 58.9 Å². The quantitative estimate of drug-likeness (QED) is 0.256. The highest BCUT2D eigenvalue weighted by molar-refractivity contribution is 9.10. The number of aromatic nitrogens is 4. The van der Waals surface area contributed by atoms with Crippen LogP contribution in [0, 0.1) is 17.6 Å². The van der Waals surface area contributed by atoms with Crippen molar-refractivity contribution in [2.75, 3.05) is 0 Å². The molecule has 2 aliphatic rings. The fourth-order valence-electron chi connectivity index (χ4n) is 5.68. The lowest BCUT2D eigenvalue weighted by Crippen LogP contribution is -2.36. The van der Waals surface area contributed by atoms with Crippen LogP contribution in [0.4, 0.5) is 26.3 Å². The van der Waals surface area contributed by atoms with E-state index >= 15 is 8.78 Å². The van der Waals surface area contributed by atoms with E-state index in [-0.39, 0.29) is 29.7 Å². The van der Waals surface area contributed by atoms with Crippen LogP contribution < -0.4 is 5.73 Å². The van der Waals surface area contributed by atoms with Crippen LogP contribution in [0.5, 0.6) is 0 Å². The molecule has 1 amide bonds. The standard InChI is InChI=1S/C25H18BrF6N5O/c26-16-6-10-1-2-34-24(10)35-18(16)14(5-9-3-11(27)7-12(28)4-9)20(23(33)38)37-21-17(19(36-37)22(29)30)13-8-15(13)25(21,31)32/h1-4,6-7,13-15,20,22H,5,8H2,(H2,33,38)(H,34,35)/t13-,14-,15+,20?/m0/s1. The highest BCUT2D eigenvalue weighted by atomic mass is 79.9. The normalized spacial score (nSPS) is 20.9. The molecule has 0 radical (unpaired) electrons. The molecule has 0 spiro atoms. The lowest BCUT2D eigenvalue weighted by molar-refractivity contribution is -0.122. The molecule has 13 heteroatoms. The van der Waals surface area contributed by atoms with Gasteiger partial charge in [0, 0.05) is 39.5 Å². The number of hydrogen-bond donors (Lipinski definition) is 2. The number of hydrogen-bond acceptors (Lipinski definition) is 3. The second-order valence-electron chi connectivity index (χ2n) is 9.67. The summed E-state index contributed by atoms with van der Waals surface area (Å²) in [6.07, 6.45) is -1.81. The minimum atomic E-state index is -3.52. The van der Waals surface area contributed by atoms with E-state index in [1.165, 1.54) is 0 Å². The fourth-order valence-corrected chi connectivity index (χ4v) is 6.30. The monoisotopic (exact) mass is 597 g/mol. The number of nitrogens with zero attached hydrogens (tertiary/aromatic N) is 3. The van der Waals surface area contributed by atoms with E-state index in [1.54, 1.807) is 18.3 Å². The maximum absolute atomic E-state index is 15.4. The molecule has 3 heterocycles. The number of halogens is 7.